The van der Waals surface area contributed by atoms with Gasteiger partial charge >= 0.3 is 0 Å². The number of pyridine rings is 1. The number of hydrogen-bond acceptors (Lipinski definition) is 3. The van der Waals surface area contributed by atoms with E-state index in [9.17, 15) is 0 Å². The Hall–Kier alpha value is -1.87. The molecule has 0 saturated carbocycles. The van der Waals surface area contributed by atoms with Crippen LogP contribution in [0.4, 0.5) is 11.5 Å². The monoisotopic (exact) mass is 283 g/mol. The lowest BCUT2D eigenvalue weighted by Crippen LogP contribution is -2.20. The molecule has 1 N–H and O–H groups in total. The Morgan fingerprint density at radius 2 is 2.05 bits per heavy atom. The van der Waals surface area contributed by atoms with Crippen LogP contribution in [0.5, 0.6) is 0 Å². The van der Waals surface area contributed by atoms with Crippen molar-refractivity contribution in [3.05, 3.63) is 53.7 Å². The van der Waals surface area contributed by atoms with Crippen molar-refractivity contribution in [2.75, 3.05) is 18.5 Å². The van der Waals surface area contributed by atoms with Crippen LogP contribution < -0.4 is 10.2 Å². The second kappa shape index (κ2) is 7.23. The highest BCUT2D eigenvalue weighted by atomic mass is 15.2. The van der Waals surface area contributed by atoms with E-state index in [1.165, 1.54) is 11.1 Å². The van der Waals surface area contributed by atoms with Crippen LogP contribution in [-0.4, -0.2) is 18.6 Å². The SMILES string of the molecule is CCCNC(C)c1ccnc(N(C)c2cccc(C)c2)c1. The third-order valence-electron chi connectivity index (χ3n) is 3.70. The molecular formula is C18H25N3. The van der Waals surface area contributed by atoms with Gasteiger partial charge in [0, 0.05) is 25.0 Å². The summed E-state index contributed by atoms with van der Waals surface area (Å²) < 4.78 is 0. The maximum atomic E-state index is 4.51. The van der Waals surface area contributed by atoms with Crippen molar-refractivity contribution in [3.8, 4) is 0 Å². The molecule has 0 aliphatic rings. The van der Waals surface area contributed by atoms with E-state index in [-0.39, 0.29) is 0 Å². The van der Waals surface area contributed by atoms with Crippen molar-refractivity contribution in [2.24, 2.45) is 0 Å². The molecule has 0 bridgehead atoms. The number of rotatable bonds is 6. The minimum absolute atomic E-state index is 0.345. The molecule has 0 aliphatic carbocycles. The molecule has 1 aromatic carbocycles. The molecule has 1 atom stereocenters. The van der Waals surface area contributed by atoms with E-state index in [0.29, 0.717) is 6.04 Å². The lowest BCUT2D eigenvalue weighted by atomic mass is 10.1. The summed E-state index contributed by atoms with van der Waals surface area (Å²) in [5.41, 5.74) is 3.69. The van der Waals surface area contributed by atoms with Crippen LogP contribution in [0.3, 0.4) is 0 Å². The third-order valence-corrected chi connectivity index (χ3v) is 3.70. The minimum Gasteiger partial charge on any atom is -0.329 e. The highest BCUT2D eigenvalue weighted by molar-refractivity contribution is 5.60. The summed E-state index contributed by atoms with van der Waals surface area (Å²) in [5, 5.41) is 3.52. The van der Waals surface area contributed by atoms with Gasteiger partial charge in [0.2, 0.25) is 0 Å². The van der Waals surface area contributed by atoms with Gasteiger partial charge in [-0.15, -0.1) is 0 Å². The first kappa shape index (κ1) is 15.5. The van der Waals surface area contributed by atoms with E-state index >= 15 is 0 Å². The number of nitrogens with zero attached hydrogens (tertiary/aromatic N) is 2. The number of aromatic nitrogens is 1. The van der Waals surface area contributed by atoms with Crippen LogP contribution >= 0.6 is 0 Å². The number of benzene rings is 1. The van der Waals surface area contributed by atoms with Gasteiger partial charge in [0.05, 0.1) is 0 Å². The zero-order valence-electron chi connectivity index (χ0n) is 13.4. The van der Waals surface area contributed by atoms with Crippen LogP contribution in [-0.2, 0) is 0 Å². The fourth-order valence-corrected chi connectivity index (χ4v) is 2.33. The lowest BCUT2D eigenvalue weighted by Gasteiger charge is -2.21. The van der Waals surface area contributed by atoms with E-state index < -0.39 is 0 Å². The molecule has 0 amide bonds. The third kappa shape index (κ3) is 4.05. The Labute approximate surface area is 128 Å². The maximum absolute atomic E-state index is 4.51. The van der Waals surface area contributed by atoms with E-state index in [4.69, 9.17) is 0 Å². The summed E-state index contributed by atoms with van der Waals surface area (Å²) in [6.45, 7) is 7.52. The normalized spacial score (nSPS) is 12.2. The molecule has 112 valence electrons. The fourth-order valence-electron chi connectivity index (χ4n) is 2.33. The Morgan fingerprint density at radius 3 is 2.76 bits per heavy atom. The van der Waals surface area contributed by atoms with E-state index in [1.54, 1.807) is 0 Å². The lowest BCUT2D eigenvalue weighted by molar-refractivity contribution is 0.570. The second-order valence-electron chi connectivity index (χ2n) is 5.52. The average Bonchev–Trinajstić information content (AvgIpc) is 2.52. The Bertz CT molecular complexity index is 580. The zero-order chi connectivity index (χ0) is 15.2. The Balaban J connectivity index is 2.20. The highest BCUT2D eigenvalue weighted by Gasteiger charge is 2.09. The van der Waals surface area contributed by atoms with Gasteiger partial charge in [-0.25, -0.2) is 4.98 Å². The van der Waals surface area contributed by atoms with Gasteiger partial charge in [-0.05, 0) is 62.2 Å². The van der Waals surface area contributed by atoms with Crippen LogP contribution in [0.25, 0.3) is 0 Å². The quantitative estimate of drug-likeness (QED) is 0.860. The highest BCUT2D eigenvalue weighted by Crippen LogP contribution is 2.24. The molecule has 1 aromatic heterocycles. The van der Waals surface area contributed by atoms with Gasteiger partial charge in [-0.1, -0.05) is 19.1 Å². The fraction of sp³-hybridized carbons (Fsp3) is 0.389. The van der Waals surface area contributed by atoms with Gasteiger partial charge in [-0.3, -0.25) is 0 Å². The summed E-state index contributed by atoms with van der Waals surface area (Å²) in [7, 11) is 2.06. The molecule has 0 spiro atoms. The Morgan fingerprint density at radius 1 is 1.24 bits per heavy atom. The standard InChI is InChI=1S/C18H25N3/c1-5-10-19-15(3)16-9-11-20-18(13-16)21(4)17-8-6-7-14(2)12-17/h6-9,11-13,15,19H,5,10H2,1-4H3. The predicted molar refractivity (Wildman–Crippen MR) is 90.2 cm³/mol. The summed E-state index contributed by atoms with van der Waals surface area (Å²) in [6, 6.07) is 13.1. The van der Waals surface area contributed by atoms with E-state index in [0.717, 1.165) is 24.5 Å². The molecular weight excluding hydrogens is 258 g/mol. The Kier molecular flexibility index (Phi) is 5.34. The maximum Gasteiger partial charge on any atom is 0.132 e. The van der Waals surface area contributed by atoms with Crippen LogP contribution in [0.1, 0.15) is 37.4 Å². The molecule has 1 unspecified atom stereocenters. The van der Waals surface area contributed by atoms with Gasteiger partial charge in [-0.2, -0.15) is 0 Å². The first-order valence-corrected chi connectivity index (χ1v) is 7.61. The molecule has 0 aliphatic heterocycles. The van der Waals surface area contributed by atoms with Crippen molar-refractivity contribution < 1.29 is 0 Å². The van der Waals surface area contributed by atoms with Crippen LogP contribution in [0, 0.1) is 6.92 Å². The molecule has 0 radical (unpaired) electrons. The number of anilines is 2. The minimum atomic E-state index is 0.345. The van der Waals surface area contributed by atoms with Crippen molar-refractivity contribution in [3.63, 3.8) is 0 Å². The number of hydrogen-bond donors (Lipinski definition) is 1. The van der Waals surface area contributed by atoms with E-state index in [2.05, 4.69) is 79.4 Å². The van der Waals surface area contributed by atoms with Crippen LogP contribution in [0.2, 0.25) is 0 Å². The zero-order valence-corrected chi connectivity index (χ0v) is 13.4. The van der Waals surface area contributed by atoms with Crippen molar-refractivity contribution >= 4 is 11.5 Å². The molecule has 21 heavy (non-hydrogen) atoms. The van der Waals surface area contributed by atoms with Gasteiger partial charge in [0.25, 0.3) is 0 Å². The second-order valence-corrected chi connectivity index (χ2v) is 5.52. The molecule has 1 heterocycles. The average molecular weight is 283 g/mol. The van der Waals surface area contributed by atoms with Gasteiger partial charge in [0.1, 0.15) is 5.82 Å². The number of nitrogens with one attached hydrogen (secondary N) is 1. The first-order valence-electron chi connectivity index (χ1n) is 7.61. The molecule has 0 fully saturated rings. The molecule has 2 aromatic rings. The van der Waals surface area contributed by atoms with Crippen molar-refractivity contribution in [1.29, 1.82) is 0 Å². The summed E-state index contributed by atoms with van der Waals surface area (Å²) in [6.07, 6.45) is 3.03. The molecule has 0 saturated heterocycles. The topological polar surface area (TPSA) is 28.2 Å². The summed E-state index contributed by atoms with van der Waals surface area (Å²) in [5.74, 6) is 0.975. The first-order chi connectivity index (χ1) is 10.1. The molecule has 3 nitrogen and oxygen atoms in total. The molecule has 2 rings (SSSR count). The van der Waals surface area contributed by atoms with Crippen molar-refractivity contribution in [1.82, 2.24) is 10.3 Å². The smallest absolute Gasteiger partial charge is 0.132 e. The molecule has 3 heteroatoms. The van der Waals surface area contributed by atoms with Gasteiger partial charge < -0.3 is 10.2 Å². The van der Waals surface area contributed by atoms with Gasteiger partial charge in [0.15, 0.2) is 0 Å². The van der Waals surface area contributed by atoms with Crippen molar-refractivity contribution in [2.45, 2.75) is 33.2 Å². The summed E-state index contributed by atoms with van der Waals surface area (Å²) in [4.78, 5) is 6.63. The largest absolute Gasteiger partial charge is 0.329 e. The van der Waals surface area contributed by atoms with E-state index in [1.807, 2.05) is 6.20 Å². The predicted octanol–water partition coefficient (Wildman–Crippen LogP) is 4.22. The summed E-state index contributed by atoms with van der Waals surface area (Å²) >= 11 is 0. The number of aryl methyl sites for hydroxylation is 1. The van der Waals surface area contributed by atoms with Crippen LogP contribution in [0.15, 0.2) is 42.6 Å².